The molecule has 1 aromatic heterocycles. The summed E-state index contributed by atoms with van der Waals surface area (Å²) in [6, 6.07) is 0. The van der Waals surface area contributed by atoms with Gasteiger partial charge in [-0.25, -0.2) is 8.42 Å². The van der Waals surface area contributed by atoms with Gasteiger partial charge in [0, 0.05) is 36.6 Å². The first-order chi connectivity index (χ1) is 9.05. The molecule has 108 valence electrons. The third kappa shape index (κ3) is 4.78. The highest BCUT2D eigenvalue weighted by molar-refractivity contribution is 8.13. The molecule has 1 aliphatic heterocycles. The molecule has 0 spiro atoms. The van der Waals surface area contributed by atoms with Crippen LogP contribution in [0.15, 0.2) is 17.3 Å². The van der Waals surface area contributed by atoms with Crippen molar-refractivity contribution in [2.45, 2.75) is 43.5 Å². The second-order valence-electron chi connectivity index (χ2n) is 4.93. The van der Waals surface area contributed by atoms with Gasteiger partial charge in [-0.1, -0.05) is 12.8 Å². The number of ether oxygens (including phenoxy) is 1. The average molecular weight is 307 g/mol. The maximum Gasteiger partial charge on any atom is 0.264 e. The molecule has 2 rings (SSSR count). The molecule has 0 unspecified atom stereocenters. The Bertz CT molecular complexity index is 495. The molecule has 0 amide bonds. The van der Waals surface area contributed by atoms with E-state index in [1.165, 1.54) is 18.8 Å². The van der Waals surface area contributed by atoms with E-state index in [2.05, 4.69) is 5.10 Å². The van der Waals surface area contributed by atoms with Crippen molar-refractivity contribution in [3.8, 4) is 0 Å². The lowest BCUT2D eigenvalue weighted by molar-refractivity contribution is 0.0630. The largest absolute Gasteiger partial charge is 0.381 e. The second-order valence-corrected chi connectivity index (χ2v) is 7.49. The van der Waals surface area contributed by atoms with Gasteiger partial charge in [0.05, 0.1) is 6.20 Å². The van der Waals surface area contributed by atoms with E-state index in [0.29, 0.717) is 0 Å². The summed E-state index contributed by atoms with van der Waals surface area (Å²) in [6.45, 7) is 2.51. The van der Waals surface area contributed by atoms with Gasteiger partial charge in [-0.05, 0) is 25.2 Å². The number of unbranched alkanes of at least 4 members (excludes halogenated alkanes) is 1. The Labute approximate surface area is 118 Å². The van der Waals surface area contributed by atoms with E-state index in [-0.39, 0.29) is 4.90 Å². The van der Waals surface area contributed by atoms with Crippen molar-refractivity contribution in [1.29, 1.82) is 0 Å². The molecule has 1 aliphatic rings. The van der Waals surface area contributed by atoms with Crippen LogP contribution in [0.5, 0.6) is 0 Å². The van der Waals surface area contributed by atoms with Gasteiger partial charge in [0.15, 0.2) is 0 Å². The van der Waals surface area contributed by atoms with Crippen molar-refractivity contribution < 1.29 is 13.2 Å². The molecule has 19 heavy (non-hydrogen) atoms. The van der Waals surface area contributed by atoms with E-state index in [9.17, 15) is 8.42 Å². The van der Waals surface area contributed by atoms with Crippen molar-refractivity contribution in [3.63, 3.8) is 0 Å². The lowest BCUT2D eigenvalue weighted by Crippen LogP contribution is -2.15. The molecule has 0 radical (unpaired) electrons. The van der Waals surface area contributed by atoms with Crippen LogP contribution < -0.4 is 0 Å². The first-order valence-electron chi connectivity index (χ1n) is 6.60. The number of aromatic nitrogens is 2. The summed E-state index contributed by atoms with van der Waals surface area (Å²) in [4.78, 5) is 0.0681. The minimum atomic E-state index is -3.65. The Morgan fingerprint density at radius 3 is 2.74 bits per heavy atom. The predicted molar refractivity (Wildman–Crippen MR) is 72.7 cm³/mol. The summed E-state index contributed by atoms with van der Waals surface area (Å²) in [7, 11) is 1.59. The quantitative estimate of drug-likeness (QED) is 0.598. The number of hydrogen-bond acceptors (Lipinski definition) is 4. The molecule has 1 aromatic rings. The van der Waals surface area contributed by atoms with E-state index in [4.69, 9.17) is 15.4 Å². The first kappa shape index (κ1) is 14.8. The lowest BCUT2D eigenvalue weighted by Gasteiger charge is -2.21. The molecule has 0 bridgehead atoms. The fraction of sp³-hybridized carbons (Fsp3) is 0.750. The number of halogens is 1. The van der Waals surface area contributed by atoms with Crippen LogP contribution in [0, 0.1) is 5.92 Å². The Morgan fingerprint density at radius 2 is 2.11 bits per heavy atom. The summed E-state index contributed by atoms with van der Waals surface area (Å²) < 4.78 is 29.1. The Kier molecular flexibility index (Phi) is 5.24. The van der Waals surface area contributed by atoms with E-state index in [1.54, 1.807) is 4.68 Å². The summed E-state index contributed by atoms with van der Waals surface area (Å²) in [5, 5.41) is 4.00. The number of hydrogen-bond donors (Lipinski definition) is 0. The van der Waals surface area contributed by atoms with Gasteiger partial charge in [0.2, 0.25) is 0 Å². The molecule has 1 fully saturated rings. The molecule has 2 heterocycles. The summed E-state index contributed by atoms with van der Waals surface area (Å²) >= 11 is 0. The van der Waals surface area contributed by atoms with Crippen LogP contribution in [0.1, 0.15) is 32.1 Å². The minimum Gasteiger partial charge on any atom is -0.381 e. The van der Waals surface area contributed by atoms with Crippen molar-refractivity contribution in [2.75, 3.05) is 13.2 Å². The van der Waals surface area contributed by atoms with Gasteiger partial charge in [-0.2, -0.15) is 5.10 Å². The molecule has 0 N–H and O–H groups in total. The highest BCUT2D eigenvalue weighted by Crippen LogP contribution is 2.21. The molecule has 0 aromatic carbocycles. The molecule has 5 nitrogen and oxygen atoms in total. The normalized spacial score (nSPS) is 17.7. The van der Waals surface area contributed by atoms with Crippen LogP contribution >= 0.6 is 10.7 Å². The van der Waals surface area contributed by atoms with E-state index in [1.807, 2.05) is 0 Å². The zero-order chi connectivity index (χ0) is 13.7. The highest BCUT2D eigenvalue weighted by Gasteiger charge is 2.14. The van der Waals surface area contributed by atoms with Crippen LogP contribution in [-0.2, 0) is 20.3 Å². The lowest BCUT2D eigenvalue weighted by atomic mass is 9.94. The van der Waals surface area contributed by atoms with Crippen LogP contribution in [0.2, 0.25) is 0 Å². The van der Waals surface area contributed by atoms with Crippen LogP contribution in [0.25, 0.3) is 0 Å². The molecule has 7 heteroatoms. The van der Waals surface area contributed by atoms with Crippen molar-refractivity contribution in [1.82, 2.24) is 9.78 Å². The van der Waals surface area contributed by atoms with Crippen LogP contribution in [-0.4, -0.2) is 31.4 Å². The van der Waals surface area contributed by atoms with Gasteiger partial charge in [0.25, 0.3) is 9.05 Å². The van der Waals surface area contributed by atoms with Crippen LogP contribution in [0.3, 0.4) is 0 Å². The Morgan fingerprint density at radius 1 is 1.37 bits per heavy atom. The van der Waals surface area contributed by atoms with Gasteiger partial charge in [-0.15, -0.1) is 0 Å². The van der Waals surface area contributed by atoms with Gasteiger partial charge < -0.3 is 4.74 Å². The average Bonchev–Trinajstić information content (AvgIpc) is 2.85. The van der Waals surface area contributed by atoms with Gasteiger partial charge in [0.1, 0.15) is 4.90 Å². The maximum absolute atomic E-state index is 11.1. The van der Waals surface area contributed by atoms with Crippen molar-refractivity contribution >= 4 is 19.7 Å². The van der Waals surface area contributed by atoms with Crippen LogP contribution in [0.4, 0.5) is 0 Å². The molecular weight excluding hydrogens is 288 g/mol. The van der Waals surface area contributed by atoms with E-state index >= 15 is 0 Å². The van der Waals surface area contributed by atoms with Crippen molar-refractivity contribution in [3.05, 3.63) is 12.4 Å². The van der Waals surface area contributed by atoms with E-state index < -0.39 is 9.05 Å². The highest BCUT2D eigenvalue weighted by atomic mass is 35.7. The van der Waals surface area contributed by atoms with E-state index in [0.717, 1.165) is 51.4 Å². The monoisotopic (exact) mass is 306 g/mol. The van der Waals surface area contributed by atoms with Gasteiger partial charge >= 0.3 is 0 Å². The first-order valence-corrected chi connectivity index (χ1v) is 8.91. The standard InChI is InChI=1S/C12H19ClN2O3S/c13-19(16,17)12-9-14-15(10-12)6-2-1-3-11-4-7-18-8-5-11/h9-11H,1-8H2. The maximum atomic E-state index is 11.1. The van der Waals surface area contributed by atoms with Gasteiger partial charge in [-0.3, -0.25) is 4.68 Å². The van der Waals surface area contributed by atoms with Crippen molar-refractivity contribution in [2.24, 2.45) is 5.92 Å². The molecule has 0 atom stereocenters. The number of rotatable bonds is 6. The third-order valence-electron chi connectivity index (χ3n) is 3.48. The molecule has 1 saturated heterocycles. The predicted octanol–water partition coefficient (Wildman–Crippen LogP) is 2.41. The fourth-order valence-corrected chi connectivity index (χ4v) is 2.99. The topological polar surface area (TPSA) is 61.2 Å². The summed E-state index contributed by atoms with van der Waals surface area (Å²) in [6.07, 6.45) is 8.45. The zero-order valence-corrected chi connectivity index (χ0v) is 12.4. The Balaban J connectivity index is 1.69. The SMILES string of the molecule is O=S(=O)(Cl)c1cnn(CCCCC2CCOCC2)c1. The summed E-state index contributed by atoms with van der Waals surface area (Å²) in [5.74, 6) is 0.783. The molecule has 0 saturated carbocycles. The minimum absolute atomic E-state index is 0.0681. The fourth-order valence-electron chi connectivity index (χ4n) is 2.33. The third-order valence-corrected chi connectivity index (χ3v) is 4.79. The molecular formula is C12H19ClN2O3S. The number of aryl methyl sites for hydroxylation is 1. The number of nitrogens with zero attached hydrogens (tertiary/aromatic N) is 2. The smallest absolute Gasteiger partial charge is 0.264 e. The Hall–Kier alpha value is -0.590. The zero-order valence-electron chi connectivity index (χ0n) is 10.8. The second kappa shape index (κ2) is 6.72. The molecule has 0 aliphatic carbocycles. The summed E-state index contributed by atoms with van der Waals surface area (Å²) in [5.41, 5.74) is 0.